The van der Waals surface area contributed by atoms with Crippen LogP contribution in [0.1, 0.15) is 38.3 Å². The van der Waals surface area contributed by atoms with Gasteiger partial charge in [-0.15, -0.1) is 0 Å². The van der Waals surface area contributed by atoms with E-state index < -0.39 is 0 Å². The summed E-state index contributed by atoms with van der Waals surface area (Å²) in [5.74, 6) is 0.530. The van der Waals surface area contributed by atoms with E-state index in [4.69, 9.17) is 10.00 Å². The van der Waals surface area contributed by atoms with Crippen molar-refractivity contribution >= 4 is 21.8 Å². The summed E-state index contributed by atoms with van der Waals surface area (Å²) < 4.78 is 6.59. The van der Waals surface area contributed by atoms with E-state index >= 15 is 0 Å². The molecular weight excluding hydrogens is 416 g/mol. The Labute approximate surface area is 176 Å². The molecule has 0 aliphatic rings. The molecule has 0 heterocycles. The maximum Gasteiger partial charge on any atom is 0.260 e. The highest BCUT2D eigenvalue weighted by molar-refractivity contribution is 9.10. The first kappa shape index (κ1) is 22.0. The Morgan fingerprint density at radius 3 is 2.46 bits per heavy atom. The van der Waals surface area contributed by atoms with Crippen LogP contribution in [0.5, 0.6) is 5.75 Å². The summed E-state index contributed by atoms with van der Waals surface area (Å²) in [6.45, 7) is 7.39. The van der Waals surface area contributed by atoms with Crippen molar-refractivity contribution in [3.63, 3.8) is 0 Å². The van der Waals surface area contributed by atoms with Crippen molar-refractivity contribution in [2.45, 2.75) is 39.0 Å². The molecule has 0 bridgehead atoms. The second-order valence-electron chi connectivity index (χ2n) is 7.71. The lowest BCUT2D eigenvalue weighted by Gasteiger charge is -2.23. The predicted molar refractivity (Wildman–Crippen MR) is 115 cm³/mol. The number of nitrogens with zero attached hydrogens (tertiary/aromatic N) is 2. The maximum absolute atomic E-state index is 12.7. The van der Waals surface area contributed by atoms with Crippen LogP contribution in [0, 0.1) is 11.3 Å². The van der Waals surface area contributed by atoms with Crippen molar-refractivity contribution in [1.82, 2.24) is 4.90 Å². The maximum atomic E-state index is 12.7. The molecule has 0 saturated heterocycles. The number of benzene rings is 2. The SMILES string of the molecule is CC(C)(C)c1ccc(OCC(=O)N(CCC#N)CCc2ccccc2)c(Br)c1. The van der Waals surface area contributed by atoms with Gasteiger partial charge in [0.25, 0.3) is 5.91 Å². The topological polar surface area (TPSA) is 53.3 Å². The standard InChI is InChI=1S/C23H27BrN2O2/c1-23(2,3)19-10-11-21(20(24)16-19)28-17-22(27)26(14-7-13-25)15-12-18-8-5-4-6-9-18/h4-6,8-11,16H,7,12,14-15,17H2,1-3H3. The average molecular weight is 443 g/mol. The summed E-state index contributed by atoms with van der Waals surface area (Å²) in [7, 11) is 0. The van der Waals surface area contributed by atoms with Gasteiger partial charge < -0.3 is 9.64 Å². The first-order chi connectivity index (χ1) is 13.3. The second-order valence-corrected chi connectivity index (χ2v) is 8.56. The van der Waals surface area contributed by atoms with Crippen LogP contribution in [0.4, 0.5) is 0 Å². The molecule has 5 heteroatoms. The zero-order chi connectivity index (χ0) is 20.6. The lowest BCUT2D eigenvalue weighted by atomic mass is 9.87. The molecule has 0 N–H and O–H groups in total. The van der Waals surface area contributed by atoms with E-state index in [-0.39, 0.29) is 17.9 Å². The minimum Gasteiger partial charge on any atom is -0.483 e. The minimum atomic E-state index is -0.113. The molecule has 0 spiro atoms. The first-order valence-electron chi connectivity index (χ1n) is 9.42. The van der Waals surface area contributed by atoms with E-state index in [0.29, 0.717) is 25.3 Å². The molecule has 2 rings (SSSR count). The first-order valence-corrected chi connectivity index (χ1v) is 10.2. The average Bonchev–Trinajstić information content (AvgIpc) is 2.67. The zero-order valence-corrected chi connectivity index (χ0v) is 18.3. The summed E-state index contributed by atoms with van der Waals surface area (Å²) in [4.78, 5) is 14.4. The molecule has 4 nitrogen and oxygen atoms in total. The number of amides is 1. The van der Waals surface area contributed by atoms with E-state index in [1.165, 1.54) is 11.1 Å². The van der Waals surface area contributed by atoms with E-state index in [0.717, 1.165) is 10.9 Å². The van der Waals surface area contributed by atoms with Gasteiger partial charge >= 0.3 is 0 Å². The van der Waals surface area contributed by atoms with Crippen molar-refractivity contribution in [2.75, 3.05) is 19.7 Å². The predicted octanol–water partition coefficient (Wildman–Crippen LogP) is 5.11. The smallest absolute Gasteiger partial charge is 0.260 e. The molecule has 2 aromatic carbocycles. The van der Waals surface area contributed by atoms with Gasteiger partial charge in [-0.05, 0) is 51.0 Å². The number of carbonyl (C=O) groups is 1. The van der Waals surface area contributed by atoms with Crippen LogP contribution in [-0.2, 0) is 16.6 Å². The monoisotopic (exact) mass is 442 g/mol. The van der Waals surface area contributed by atoms with E-state index in [1.807, 2.05) is 48.5 Å². The highest BCUT2D eigenvalue weighted by Gasteiger charge is 2.17. The minimum absolute atomic E-state index is 0.0440. The third-order valence-electron chi connectivity index (χ3n) is 4.51. The van der Waals surface area contributed by atoms with Gasteiger partial charge in [0.15, 0.2) is 6.61 Å². The van der Waals surface area contributed by atoms with Crippen LogP contribution in [0.2, 0.25) is 0 Å². The molecule has 2 aromatic rings. The largest absolute Gasteiger partial charge is 0.483 e. The molecule has 0 aromatic heterocycles. The van der Waals surface area contributed by atoms with Crippen molar-refractivity contribution in [3.05, 3.63) is 64.1 Å². The Bertz CT molecular complexity index is 823. The summed E-state index contributed by atoms with van der Waals surface area (Å²) in [5, 5.41) is 8.89. The second kappa shape index (κ2) is 10.3. The highest BCUT2D eigenvalue weighted by atomic mass is 79.9. The van der Waals surface area contributed by atoms with Gasteiger partial charge in [0.05, 0.1) is 17.0 Å². The molecule has 0 saturated carbocycles. The molecule has 1 amide bonds. The zero-order valence-electron chi connectivity index (χ0n) is 16.7. The molecule has 148 valence electrons. The van der Waals surface area contributed by atoms with Crippen LogP contribution < -0.4 is 4.74 Å². The molecule has 0 fully saturated rings. The Morgan fingerprint density at radius 1 is 1.14 bits per heavy atom. The van der Waals surface area contributed by atoms with Crippen LogP contribution >= 0.6 is 15.9 Å². The Hall–Kier alpha value is -2.32. The van der Waals surface area contributed by atoms with E-state index in [2.05, 4.69) is 42.8 Å². The fraction of sp³-hybridized carbons (Fsp3) is 0.391. The van der Waals surface area contributed by atoms with Gasteiger partial charge in [-0.2, -0.15) is 5.26 Å². The van der Waals surface area contributed by atoms with Gasteiger partial charge in [0.2, 0.25) is 0 Å². The number of hydrogen-bond donors (Lipinski definition) is 0. The van der Waals surface area contributed by atoms with Gasteiger partial charge in [-0.25, -0.2) is 0 Å². The number of halogens is 1. The van der Waals surface area contributed by atoms with E-state index in [9.17, 15) is 4.79 Å². The summed E-state index contributed by atoms with van der Waals surface area (Å²) >= 11 is 3.54. The third-order valence-corrected chi connectivity index (χ3v) is 5.13. The summed E-state index contributed by atoms with van der Waals surface area (Å²) in [5.41, 5.74) is 2.40. The van der Waals surface area contributed by atoms with Crippen molar-refractivity contribution in [3.8, 4) is 11.8 Å². The fourth-order valence-electron chi connectivity index (χ4n) is 2.77. The Kier molecular flexibility index (Phi) is 8.07. The normalized spacial score (nSPS) is 11.0. The highest BCUT2D eigenvalue weighted by Crippen LogP contribution is 2.31. The molecule has 0 atom stereocenters. The molecule has 0 aliphatic heterocycles. The van der Waals surface area contributed by atoms with Gasteiger partial charge in [-0.1, -0.05) is 57.2 Å². The number of rotatable bonds is 8. The van der Waals surface area contributed by atoms with Crippen LogP contribution in [0.3, 0.4) is 0 Å². The third kappa shape index (κ3) is 6.69. The number of nitriles is 1. The van der Waals surface area contributed by atoms with Crippen LogP contribution in [0.25, 0.3) is 0 Å². The Morgan fingerprint density at radius 2 is 1.86 bits per heavy atom. The molecular formula is C23H27BrN2O2. The van der Waals surface area contributed by atoms with Crippen LogP contribution in [-0.4, -0.2) is 30.5 Å². The molecule has 0 aliphatic carbocycles. The van der Waals surface area contributed by atoms with Crippen molar-refractivity contribution in [2.24, 2.45) is 0 Å². The number of ether oxygens (including phenoxy) is 1. The summed E-state index contributed by atoms with van der Waals surface area (Å²) in [6, 6.07) is 18.1. The number of hydrogen-bond acceptors (Lipinski definition) is 3. The van der Waals surface area contributed by atoms with E-state index in [1.54, 1.807) is 4.90 Å². The van der Waals surface area contributed by atoms with Crippen molar-refractivity contribution < 1.29 is 9.53 Å². The molecule has 0 unspecified atom stereocenters. The fourth-order valence-corrected chi connectivity index (χ4v) is 3.26. The molecule has 0 radical (unpaired) electrons. The van der Waals surface area contributed by atoms with Crippen LogP contribution in [0.15, 0.2) is 53.0 Å². The van der Waals surface area contributed by atoms with Gasteiger partial charge in [0, 0.05) is 13.1 Å². The van der Waals surface area contributed by atoms with Gasteiger partial charge in [0.1, 0.15) is 5.75 Å². The quantitative estimate of drug-likeness (QED) is 0.570. The van der Waals surface area contributed by atoms with Crippen molar-refractivity contribution in [1.29, 1.82) is 5.26 Å². The lowest BCUT2D eigenvalue weighted by molar-refractivity contribution is -0.133. The number of carbonyl (C=O) groups excluding carboxylic acids is 1. The lowest BCUT2D eigenvalue weighted by Crippen LogP contribution is -2.37. The molecule has 28 heavy (non-hydrogen) atoms. The summed E-state index contributed by atoms with van der Waals surface area (Å²) in [6.07, 6.45) is 1.06. The Balaban J connectivity index is 1.98. The van der Waals surface area contributed by atoms with Gasteiger partial charge in [-0.3, -0.25) is 4.79 Å².